The molecule has 0 aliphatic heterocycles. The van der Waals surface area contributed by atoms with E-state index >= 15 is 0 Å². The number of rotatable bonds is 11. The van der Waals surface area contributed by atoms with Crippen LogP contribution in [0.3, 0.4) is 0 Å². The molecule has 3 aromatic carbocycles. The SMILES string of the molecule is CCc1ccccc1NC(=S)N(CCCN(C)c1ccccc1)Cc1cccn1Cc1ccc(Cl)cc1. The van der Waals surface area contributed by atoms with Gasteiger partial charge < -0.3 is 19.7 Å². The van der Waals surface area contributed by atoms with Crippen molar-refractivity contribution in [2.75, 3.05) is 30.4 Å². The Morgan fingerprint density at radius 1 is 0.892 bits per heavy atom. The van der Waals surface area contributed by atoms with Crippen molar-refractivity contribution in [1.82, 2.24) is 9.47 Å². The Hall–Kier alpha value is -3.28. The summed E-state index contributed by atoms with van der Waals surface area (Å²) < 4.78 is 2.29. The second kappa shape index (κ2) is 13.3. The maximum Gasteiger partial charge on any atom is 0.173 e. The van der Waals surface area contributed by atoms with Gasteiger partial charge in [-0.05, 0) is 78.7 Å². The molecule has 6 heteroatoms. The normalized spacial score (nSPS) is 10.8. The highest BCUT2D eigenvalue weighted by atomic mass is 35.5. The zero-order chi connectivity index (χ0) is 26.0. The number of hydrogen-bond donors (Lipinski definition) is 1. The van der Waals surface area contributed by atoms with Gasteiger partial charge in [0.2, 0.25) is 0 Å². The van der Waals surface area contributed by atoms with Crippen LogP contribution in [0.5, 0.6) is 0 Å². The molecule has 0 saturated carbocycles. The predicted molar refractivity (Wildman–Crippen MR) is 162 cm³/mol. The number of hydrogen-bond acceptors (Lipinski definition) is 2. The number of anilines is 2. The zero-order valence-corrected chi connectivity index (χ0v) is 23.2. The van der Waals surface area contributed by atoms with Crippen LogP contribution in [0.1, 0.15) is 30.2 Å². The molecule has 0 amide bonds. The van der Waals surface area contributed by atoms with Crippen LogP contribution in [-0.4, -0.2) is 34.7 Å². The van der Waals surface area contributed by atoms with Gasteiger partial charge in [0.05, 0.1) is 6.54 Å². The molecule has 0 bridgehead atoms. The second-order valence-electron chi connectivity index (χ2n) is 9.23. The number of aryl methyl sites for hydroxylation is 1. The van der Waals surface area contributed by atoms with E-state index in [0.29, 0.717) is 0 Å². The van der Waals surface area contributed by atoms with E-state index in [1.807, 2.05) is 12.1 Å². The van der Waals surface area contributed by atoms with E-state index < -0.39 is 0 Å². The van der Waals surface area contributed by atoms with Gasteiger partial charge in [0.15, 0.2) is 5.11 Å². The molecule has 4 rings (SSSR count). The van der Waals surface area contributed by atoms with E-state index in [-0.39, 0.29) is 0 Å². The molecule has 1 N–H and O–H groups in total. The number of thiocarbonyl (C=S) groups is 1. The van der Waals surface area contributed by atoms with E-state index in [4.69, 9.17) is 23.8 Å². The molecule has 0 aliphatic carbocycles. The Labute approximate surface area is 231 Å². The first kappa shape index (κ1) is 26.8. The zero-order valence-electron chi connectivity index (χ0n) is 21.6. The van der Waals surface area contributed by atoms with Gasteiger partial charge in [-0.2, -0.15) is 0 Å². The third-order valence-corrected chi connectivity index (χ3v) is 7.20. The highest BCUT2D eigenvalue weighted by molar-refractivity contribution is 7.80. The second-order valence-corrected chi connectivity index (χ2v) is 10.1. The molecule has 1 heterocycles. The topological polar surface area (TPSA) is 23.4 Å². The average Bonchev–Trinajstić information content (AvgIpc) is 3.36. The van der Waals surface area contributed by atoms with E-state index in [0.717, 1.165) is 54.8 Å². The van der Waals surface area contributed by atoms with Crippen LogP contribution < -0.4 is 10.2 Å². The van der Waals surface area contributed by atoms with Gasteiger partial charge in [-0.25, -0.2) is 0 Å². The fraction of sp³-hybridized carbons (Fsp3) is 0.258. The quantitative estimate of drug-likeness (QED) is 0.203. The van der Waals surface area contributed by atoms with E-state index in [2.05, 4.69) is 119 Å². The molecule has 4 aromatic rings. The minimum Gasteiger partial charge on any atom is -0.375 e. The fourth-order valence-electron chi connectivity index (χ4n) is 4.44. The number of halogens is 1. The first-order chi connectivity index (χ1) is 18.0. The molecule has 192 valence electrons. The third-order valence-electron chi connectivity index (χ3n) is 6.59. The van der Waals surface area contributed by atoms with Crippen LogP contribution in [0.25, 0.3) is 0 Å². The van der Waals surface area contributed by atoms with E-state index in [9.17, 15) is 0 Å². The van der Waals surface area contributed by atoms with Crippen LogP contribution in [0.15, 0.2) is 97.2 Å². The lowest BCUT2D eigenvalue weighted by atomic mass is 10.1. The molecule has 0 atom stereocenters. The summed E-state index contributed by atoms with van der Waals surface area (Å²) in [5.74, 6) is 0. The van der Waals surface area contributed by atoms with Crippen LogP contribution in [-0.2, 0) is 19.5 Å². The van der Waals surface area contributed by atoms with Gasteiger partial charge >= 0.3 is 0 Å². The van der Waals surface area contributed by atoms with Crippen molar-refractivity contribution in [3.63, 3.8) is 0 Å². The van der Waals surface area contributed by atoms with Crippen molar-refractivity contribution < 1.29 is 0 Å². The number of nitrogens with zero attached hydrogens (tertiary/aromatic N) is 3. The van der Waals surface area contributed by atoms with Crippen LogP contribution >= 0.6 is 23.8 Å². The van der Waals surface area contributed by atoms with Gasteiger partial charge in [0.25, 0.3) is 0 Å². The van der Waals surface area contributed by atoms with Crippen LogP contribution in [0.2, 0.25) is 5.02 Å². The highest BCUT2D eigenvalue weighted by Gasteiger charge is 2.15. The molecular weight excluding hydrogens is 496 g/mol. The smallest absolute Gasteiger partial charge is 0.173 e. The molecule has 0 radical (unpaired) electrons. The van der Waals surface area contributed by atoms with Crippen molar-refractivity contribution >= 4 is 40.3 Å². The summed E-state index contributed by atoms with van der Waals surface area (Å²) >= 11 is 12.1. The minimum atomic E-state index is 0.732. The Morgan fingerprint density at radius 2 is 1.62 bits per heavy atom. The van der Waals surface area contributed by atoms with Gasteiger partial charge in [-0.3, -0.25) is 0 Å². The first-order valence-corrected chi connectivity index (χ1v) is 13.6. The largest absolute Gasteiger partial charge is 0.375 e. The summed E-state index contributed by atoms with van der Waals surface area (Å²) in [5.41, 5.74) is 6.01. The molecule has 1 aromatic heterocycles. The lowest BCUT2D eigenvalue weighted by molar-refractivity contribution is 0.399. The Balaban J connectivity index is 1.48. The predicted octanol–water partition coefficient (Wildman–Crippen LogP) is 7.48. The summed E-state index contributed by atoms with van der Waals surface area (Å²) in [7, 11) is 2.14. The van der Waals surface area contributed by atoms with Crippen LogP contribution in [0.4, 0.5) is 11.4 Å². The van der Waals surface area contributed by atoms with Crippen LogP contribution in [0, 0.1) is 0 Å². The van der Waals surface area contributed by atoms with E-state index in [1.54, 1.807) is 0 Å². The maximum atomic E-state index is 6.09. The van der Waals surface area contributed by atoms with Gasteiger partial charge in [0, 0.05) is 55.0 Å². The third kappa shape index (κ3) is 7.61. The molecule has 0 aliphatic rings. The molecule has 37 heavy (non-hydrogen) atoms. The Kier molecular flexibility index (Phi) is 9.64. The van der Waals surface area contributed by atoms with E-state index in [1.165, 1.54) is 22.5 Å². The number of para-hydroxylation sites is 2. The molecule has 0 spiro atoms. The lowest BCUT2D eigenvalue weighted by Gasteiger charge is -2.28. The maximum absolute atomic E-state index is 6.09. The van der Waals surface area contributed by atoms with Crippen molar-refractivity contribution in [2.24, 2.45) is 0 Å². The van der Waals surface area contributed by atoms with Crippen molar-refractivity contribution in [1.29, 1.82) is 0 Å². The summed E-state index contributed by atoms with van der Waals surface area (Å²) in [6.45, 7) is 5.49. The van der Waals surface area contributed by atoms with Crippen molar-refractivity contribution in [2.45, 2.75) is 32.9 Å². The van der Waals surface area contributed by atoms with Crippen molar-refractivity contribution in [3.05, 3.63) is 119 Å². The number of aromatic nitrogens is 1. The summed E-state index contributed by atoms with van der Waals surface area (Å²) in [5, 5.41) is 5.05. The minimum absolute atomic E-state index is 0.732. The summed E-state index contributed by atoms with van der Waals surface area (Å²) in [4.78, 5) is 4.58. The number of nitrogens with one attached hydrogen (secondary N) is 1. The number of benzene rings is 3. The van der Waals surface area contributed by atoms with Crippen molar-refractivity contribution in [3.8, 4) is 0 Å². The fourth-order valence-corrected chi connectivity index (χ4v) is 4.83. The van der Waals surface area contributed by atoms with Gasteiger partial charge in [0.1, 0.15) is 0 Å². The first-order valence-electron chi connectivity index (χ1n) is 12.8. The monoisotopic (exact) mass is 530 g/mol. The molecule has 0 unspecified atom stereocenters. The standard InChI is InChI=1S/C31H35ClN4S/c1-3-26-11-7-8-15-30(26)33-31(37)36(22-10-20-34(2)28-12-5-4-6-13-28)24-29-14-9-21-35(29)23-25-16-18-27(32)19-17-25/h4-9,11-19,21H,3,10,20,22-24H2,1-2H3,(H,33,37). The highest BCUT2D eigenvalue weighted by Crippen LogP contribution is 2.19. The summed E-state index contributed by atoms with van der Waals surface area (Å²) in [6.07, 6.45) is 4.08. The molecule has 4 nitrogen and oxygen atoms in total. The summed E-state index contributed by atoms with van der Waals surface area (Å²) in [6, 6.07) is 31.2. The lowest BCUT2D eigenvalue weighted by Crippen LogP contribution is -2.37. The van der Waals surface area contributed by atoms with Gasteiger partial charge in [-0.15, -0.1) is 0 Å². The molecular formula is C31H35ClN4S. The average molecular weight is 531 g/mol. The molecule has 0 fully saturated rings. The van der Waals surface area contributed by atoms with Gasteiger partial charge in [-0.1, -0.05) is 67.1 Å². The Bertz CT molecular complexity index is 1270. The Morgan fingerprint density at radius 3 is 2.38 bits per heavy atom. The molecule has 0 saturated heterocycles.